The summed E-state index contributed by atoms with van der Waals surface area (Å²) in [4.78, 5) is 44.5. The molecular formula is C18H21N3O3. The number of hydrogen-bond acceptors (Lipinski definition) is 6. The molecule has 6 heteroatoms. The first-order valence-electron chi connectivity index (χ1n) is 7.78. The smallest absolute Gasteiger partial charge is 0.211 e. The second-order valence-corrected chi connectivity index (χ2v) is 6.36. The van der Waals surface area contributed by atoms with Gasteiger partial charge in [0.15, 0.2) is 0 Å². The van der Waals surface area contributed by atoms with E-state index >= 15 is 0 Å². The largest absolute Gasteiger partial charge is 0.240 e. The zero-order valence-electron chi connectivity index (χ0n) is 14.8. The second kappa shape index (κ2) is 8.28. The van der Waals surface area contributed by atoms with Crippen molar-refractivity contribution >= 4 is 35.3 Å². The molecule has 0 heterocycles. The van der Waals surface area contributed by atoms with E-state index in [1.54, 1.807) is 18.2 Å². The number of nitrogens with zero attached hydrogens (tertiary/aromatic N) is 3. The molecule has 1 aromatic rings. The molecule has 0 aliphatic rings. The highest BCUT2D eigenvalue weighted by atomic mass is 16.1. The van der Waals surface area contributed by atoms with Gasteiger partial charge in [0.2, 0.25) is 18.2 Å². The maximum Gasteiger partial charge on any atom is 0.240 e. The van der Waals surface area contributed by atoms with Gasteiger partial charge in [0, 0.05) is 16.7 Å². The molecule has 0 amide bonds. The standard InChI is InChI=1S/C18H21N3O3/c1-10(2)13-16(19-7-22)14(11(3)4)18(21-9-24)15(12(5)6)17(13)20-8-23/h10-12H,1-6H3. The van der Waals surface area contributed by atoms with Crippen LogP contribution in [0.1, 0.15) is 76.0 Å². The minimum Gasteiger partial charge on any atom is -0.211 e. The Morgan fingerprint density at radius 2 is 0.750 bits per heavy atom. The molecule has 0 saturated carbocycles. The van der Waals surface area contributed by atoms with E-state index in [2.05, 4.69) is 15.0 Å². The summed E-state index contributed by atoms with van der Waals surface area (Å²) in [5, 5.41) is 0. The van der Waals surface area contributed by atoms with Crippen molar-refractivity contribution in [2.45, 2.75) is 59.3 Å². The fourth-order valence-electron chi connectivity index (χ4n) is 2.91. The molecule has 0 saturated heterocycles. The van der Waals surface area contributed by atoms with E-state index < -0.39 is 0 Å². The lowest BCUT2D eigenvalue weighted by atomic mass is 9.83. The van der Waals surface area contributed by atoms with E-state index in [4.69, 9.17) is 0 Å². The monoisotopic (exact) mass is 327 g/mol. The molecule has 1 aromatic carbocycles. The van der Waals surface area contributed by atoms with Crippen LogP contribution in [0.3, 0.4) is 0 Å². The van der Waals surface area contributed by atoms with Gasteiger partial charge in [0.1, 0.15) is 0 Å². The molecule has 126 valence electrons. The third kappa shape index (κ3) is 3.64. The van der Waals surface area contributed by atoms with Gasteiger partial charge in [-0.15, -0.1) is 0 Å². The predicted molar refractivity (Wildman–Crippen MR) is 92.1 cm³/mol. The highest BCUT2D eigenvalue weighted by molar-refractivity contribution is 5.83. The van der Waals surface area contributed by atoms with Crippen LogP contribution in [0.15, 0.2) is 15.0 Å². The first-order chi connectivity index (χ1) is 11.3. The summed E-state index contributed by atoms with van der Waals surface area (Å²) in [6.45, 7) is 11.5. The normalized spacial score (nSPS) is 10.4. The van der Waals surface area contributed by atoms with Crippen molar-refractivity contribution in [3.05, 3.63) is 16.7 Å². The molecule has 0 bridgehead atoms. The Morgan fingerprint density at radius 1 is 0.542 bits per heavy atom. The molecular weight excluding hydrogens is 306 g/mol. The van der Waals surface area contributed by atoms with Crippen molar-refractivity contribution in [3.63, 3.8) is 0 Å². The minimum atomic E-state index is -0.0616. The van der Waals surface area contributed by atoms with Crippen LogP contribution in [0.4, 0.5) is 17.1 Å². The van der Waals surface area contributed by atoms with Crippen molar-refractivity contribution in [2.75, 3.05) is 0 Å². The number of aliphatic imine (C=N–C) groups is 3. The minimum absolute atomic E-state index is 0.0616. The van der Waals surface area contributed by atoms with Crippen molar-refractivity contribution in [1.82, 2.24) is 0 Å². The number of isocyanates is 3. The Balaban J connectivity index is 4.34. The Labute approximate surface area is 141 Å². The molecule has 6 nitrogen and oxygen atoms in total. The summed E-state index contributed by atoms with van der Waals surface area (Å²) >= 11 is 0. The van der Waals surface area contributed by atoms with Gasteiger partial charge >= 0.3 is 0 Å². The van der Waals surface area contributed by atoms with E-state index in [0.717, 1.165) is 0 Å². The fourth-order valence-corrected chi connectivity index (χ4v) is 2.91. The van der Waals surface area contributed by atoms with Gasteiger partial charge in [-0.25, -0.2) is 14.4 Å². The van der Waals surface area contributed by atoms with Crippen molar-refractivity contribution < 1.29 is 14.4 Å². The SMILES string of the molecule is CC(C)c1c(N=C=O)c(C(C)C)c(N=C=O)c(C(C)C)c1N=C=O. The van der Waals surface area contributed by atoms with Crippen LogP contribution >= 0.6 is 0 Å². The topological polar surface area (TPSA) is 88.3 Å². The zero-order chi connectivity index (χ0) is 18.4. The van der Waals surface area contributed by atoms with Gasteiger partial charge in [-0.1, -0.05) is 41.5 Å². The third-order valence-corrected chi connectivity index (χ3v) is 3.74. The lowest BCUT2D eigenvalue weighted by Gasteiger charge is -2.24. The highest BCUT2D eigenvalue weighted by Crippen LogP contribution is 2.51. The van der Waals surface area contributed by atoms with Crippen LogP contribution < -0.4 is 0 Å². The number of rotatable bonds is 6. The molecule has 0 N–H and O–H groups in total. The summed E-state index contributed by atoms with van der Waals surface area (Å²) in [6.07, 6.45) is 4.67. The van der Waals surface area contributed by atoms with Gasteiger partial charge in [0.05, 0.1) is 17.1 Å². The summed E-state index contributed by atoms with van der Waals surface area (Å²) in [7, 11) is 0. The molecule has 0 unspecified atom stereocenters. The van der Waals surface area contributed by atoms with Gasteiger partial charge < -0.3 is 0 Å². The molecule has 24 heavy (non-hydrogen) atoms. The summed E-state index contributed by atoms with van der Waals surface area (Å²) < 4.78 is 0. The average Bonchev–Trinajstić information content (AvgIpc) is 2.46. The molecule has 0 aliphatic carbocycles. The van der Waals surface area contributed by atoms with Crippen LogP contribution in [-0.2, 0) is 14.4 Å². The average molecular weight is 327 g/mol. The van der Waals surface area contributed by atoms with Crippen LogP contribution in [-0.4, -0.2) is 18.2 Å². The van der Waals surface area contributed by atoms with Crippen LogP contribution in [0, 0.1) is 0 Å². The van der Waals surface area contributed by atoms with E-state index in [1.807, 2.05) is 41.5 Å². The van der Waals surface area contributed by atoms with Crippen LogP contribution in [0.5, 0.6) is 0 Å². The van der Waals surface area contributed by atoms with Gasteiger partial charge in [-0.05, 0) is 17.8 Å². The Bertz CT molecular complexity index is 649. The molecule has 0 spiro atoms. The van der Waals surface area contributed by atoms with Crippen LogP contribution in [0.25, 0.3) is 0 Å². The van der Waals surface area contributed by atoms with E-state index in [0.29, 0.717) is 33.8 Å². The molecule has 0 fully saturated rings. The van der Waals surface area contributed by atoms with Crippen molar-refractivity contribution in [3.8, 4) is 0 Å². The Morgan fingerprint density at radius 3 is 0.875 bits per heavy atom. The van der Waals surface area contributed by atoms with Gasteiger partial charge in [0.25, 0.3) is 0 Å². The number of carbonyl (C=O) groups excluding carboxylic acids is 3. The number of benzene rings is 1. The lowest BCUT2D eigenvalue weighted by Crippen LogP contribution is -2.03. The predicted octanol–water partition coefficient (Wildman–Crippen LogP) is 4.96. The maximum atomic E-state index is 11.0. The van der Waals surface area contributed by atoms with Crippen molar-refractivity contribution in [1.29, 1.82) is 0 Å². The zero-order valence-corrected chi connectivity index (χ0v) is 14.8. The first kappa shape index (κ1) is 19.4. The number of hydrogen-bond donors (Lipinski definition) is 0. The van der Waals surface area contributed by atoms with Crippen LogP contribution in [0.2, 0.25) is 0 Å². The summed E-state index contributed by atoms with van der Waals surface area (Å²) in [5.74, 6) is -0.185. The van der Waals surface area contributed by atoms with Crippen molar-refractivity contribution in [2.24, 2.45) is 15.0 Å². The van der Waals surface area contributed by atoms with E-state index in [9.17, 15) is 14.4 Å². The molecule has 0 aliphatic heterocycles. The molecule has 1 rings (SSSR count). The quantitative estimate of drug-likeness (QED) is 0.546. The molecule has 0 atom stereocenters. The molecule has 0 aromatic heterocycles. The third-order valence-electron chi connectivity index (χ3n) is 3.74. The highest BCUT2D eigenvalue weighted by Gasteiger charge is 2.28. The Hall–Kier alpha value is -2.64. The lowest BCUT2D eigenvalue weighted by molar-refractivity contribution is 0.564. The maximum absolute atomic E-state index is 11.0. The Kier molecular flexibility index (Phi) is 6.69. The van der Waals surface area contributed by atoms with E-state index in [1.165, 1.54) is 0 Å². The van der Waals surface area contributed by atoms with E-state index in [-0.39, 0.29) is 17.8 Å². The molecule has 0 radical (unpaired) electrons. The second-order valence-electron chi connectivity index (χ2n) is 6.36. The van der Waals surface area contributed by atoms with Gasteiger partial charge in [-0.3, -0.25) is 0 Å². The van der Waals surface area contributed by atoms with Gasteiger partial charge in [-0.2, -0.15) is 15.0 Å². The first-order valence-corrected chi connectivity index (χ1v) is 7.78. The fraction of sp³-hybridized carbons (Fsp3) is 0.500. The summed E-state index contributed by atoms with van der Waals surface area (Å²) in [6, 6.07) is 0. The summed E-state index contributed by atoms with van der Waals surface area (Å²) in [5.41, 5.74) is 3.05.